The molecule has 2 rings (SSSR count). The highest BCUT2D eigenvalue weighted by Gasteiger charge is 2.18. The minimum atomic E-state index is -0.222. The third-order valence-corrected chi connectivity index (χ3v) is 4.58. The molecule has 1 aliphatic rings. The zero-order chi connectivity index (χ0) is 15.2. The number of hydrogen-bond donors (Lipinski definition) is 0. The molecule has 114 valence electrons. The Balaban J connectivity index is 2.24. The van der Waals surface area contributed by atoms with Gasteiger partial charge in [-0.15, -0.1) is 0 Å². The number of benzene rings is 1. The van der Waals surface area contributed by atoms with Gasteiger partial charge in [-0.3, -0.25) is 0 Å². The van der Waals surface area contributed by atoms with Crippen LogP contribution in [0.4, 0.5) is 0 Å². The molecule has 1 aromatic carbocycles. The Morgan fingerprint density at radius 2 is 1.86 bits per heavy atom. The molecule has 0 spiro atoms. The van der Waals surface area contributed by atoms with E-state index in [1.165, 1.54) is 17.5 Å². The fourth-order valence-electron chi connectivity index (χ4n) is 3.03. The maximum Gasteiger partial charge on any atom is 0.330 e. The molecule has 1 heterocycles. The summed E-state index contributed by atoms with van der Waals surface area (Å²) < 4.78 is 5.39. The molecule has 0 saturated carbocycles. The van der Waals surface area contributed by atoms with Gasteiger partial charge >= 0.3 is 5.97 Å². The monoisotopic (exact) mass is 286 g/mol. The maximum atomic E-state index is 11.7. The van der Waals surface area contributed by atoms with Crippen molar-refractivity contribution in [2.24, 2.45) is 5.92 Å². The van der Waals surface area contributed by atoms with Crippen LogP contribution in [0, 0.1) is 5.92 Å². The van der Waals surface area contributed by atoms with Crippen LogP contribution in [0.25, 0.3) is 0 Å². The van der Waals surface area contributed by atoms with Crippen LogP contribution in [-0.2, 0) is 16.0 Å². The molecule has 2 unspecified atom stereocenters. The molecule has 0 aliphatic carbocycles. The summed E-state index contributed by atoms with van der Waals surface area (Å²) in [5, 5.41) is 0. The Hall–Kier alpha value is -1.57. The van der Waals surface area contributed by atoms with Crippen molar-refractivity contribution in [1.82, 2.24) is 0 Å². The van der Waals surface area contributed by atoms with Crippen molar-refractivity contribution < 1.29 is 9.53 Å². The molecule has 2 nitrogen and oxygen atoms in total. The molecule has 0 amide bonds. The van der Waals surface area contributed by atoms with Gasteiger partial charge in [0.1, 0.15) is 0 Å². The predicted molar refractivity (Wildman–Crippen MR) is 86.3 cm³/mol. The Labute approximate surface area is 128 Å². The summed E-state index contributed by atoms with van der Waals surface area (Å²) in [7, 11) is 0. The van der Waals surface area contributed by atoms with Crippen LogP contribution in [0.15, 0.2) is 36.4 Å². The predicted octanol–water partition coefficient (Wildman–Crippen LogP) is 4.64. The molecule has 0 bridgehead atoms. The van der Waals surface area contributed by atoms with Crippen LogP contribution in [-0.4, -0.2) is 12.1 Å². The summed E-state index contributed by atoms with van der Waals surface area (Å²) in [4.78, 5) is 11.7. The fourth-order valence-corrected chi connectivity index (χ4v) is 3.03. The van der Waals surface area contributed by atoms with E-state index >= 15 is 0 Å². The number of carbonyl (C=O) groups excluding carboxylic acids is 1. The van der Waals surface area contributed by atoms with E-state index in [-0.39, 0.29) is 12.1 Å². The second-order valence-corrected chi connectivity index (χ2v) is 6.25. The molecule has 0 radical (unpaired) electrons. The summed E-state index contributed by atoms with van der Waals surface area (Å²) >= 11 is 0. The van der Waals surface area contributed by atoms with Gasteiger partial charge in [0.15, 0.2) is 0 Å². The summed E-state index contributed by atoms with van der Waals surface area (Å²) in [6.07, 6.45) is 7.50. The van der Waals surface area contributed by atoms with Gasteiger partial charge in [0.05, 0.1) is 6.10 Å². The van der Waals surface area contributed by atoms with Gasteiger partial charge in [0.25, 0.3) is 0 Å². The normalized spacial score (nSPS) is 29.3. The van der Waals surface area contributed by atoms with E-state index in [2.05, 4.69) is 38.1 Å². The van der Waals surface area contributed by atoms with Gasteiger partial charge in [0, 0.05) is 6.08 Å². The highest BCUT2D eigenvalue weighted by atomic mass is 16.5. The zero-order valence-electron chi connectivity index (χ0n) is 13.3. The average molecular weight is 286 g/mol. The highest BCUT2D eigenvalue weighted by molar-refractivity contribution is 5.82. The first kappa shape index (κ1) is 15.8. The molecule has 0 aromatic heterocycles. The lowest BCUT2D eigenvalue weighted by Gasteiger charge is -2.23. The van der Waals surface area contributed by atoms with Crippen molar-refractivity contribution in [3.63, 3.8) is 0 Å². The van der Waals surface area contributed by atoms with Crippen LogP contribution in [0.3, 0.4) is 0 Å². The molecule has 1 aromatic rings. The average Bonchev–Trinajstić information content (AvgIpc) is 2.46. The molecule has 21 heavy (non-hydrogen) atoms. The Morgan fingerprint density at radius 3 is 2.67 bits per heavy atom. The molecule has 1 aliphatic heterocycles. The summed E-state index contributed by atoms with van der Waals surface area (Å²) in [5.41, 5.74) is 2.73. The van der Waals surface area contributed by atoms with Crippen molar-refractivity contribution >= 4 is 5.97 Å². The van der Waals surface area contributed by atoms with E-state index in [1.807, 2.05) is 13.0 Å². The number of cyclic esters (lactones) is 1. The Bertz CT molecular complexity index is 504. The lowest BCUT2D eigenvalue weighted by atomic mass is 9.82. The molecule has 2 heteroatoms. The van der Waals surface area contributed by atoms with E-state index < -0.39 is 0 Å². The van der Waals surface area contributed by atoms with Crippen LogP contribution in [0.1, 0.15) is 57.1 Å². The highest BCUT2D eigenvalue weighted by Crippen LogP contribution is 2.31. The summed E-state index contributed by atoms with van der Waals surface area (Å²) in [5.74, 6) is 0.960. The molecule has 0 saturated heterocycles. The van der Waals surface area contributed by atoms with Crippen LogP contribution >= 0.6 is 0 Å². The first-order valence-corrected chi connectivity index (χ1v) is 8.03. The standard InChI is InChI=1S/C19H26O2/c1-14-8-6-9-15(2)21-19(20)13-7-11-17-10-4-5-12-18(17)16(14)3/h4-5,7,10,12-16H,6,8-9,11H2,1-3H3/b13-7+/t14?,15-,16?/m0/s1. The van der Waals surface area contributed by atoms with Crippen molar-refractivity contribution in [3.05, 3.63) is 47.5 Å². The second-order valence-electron chi connectivity index (χ2n) is 6.25. The van der Waals surface area contributed by atoms with Crippen molar-refractivity contribution in [2.75, 3.05) is 0 Å². The fraction of sp³-hybridized carbons (Fsp3) is 0.526. The van der Waals surface area contributed by atoms with Crippen LogP contribution < -0.4 is 0 Å². The molecule has 0 fully saturated rings. The van der Waals surface area contributed by atoms with Crippen molar-refractivity contribution in [1.29, 1.82) is 0 Å². The number of hydrogen-bond acceptors (Lipinski definition) is 2. The minimum Gasteiger partial charge on any atom is -0.460 e. The Kier molecular flexibility index (Phi) is 5.60. The Morgan fingerprint density at radius 1 is 1.10 bits per heavy atom. The second kappa shape index (κ2) is 7.44. The quantitative estimate of drug-likeness (QED) is 0.649. The molecule has 0 N–H and O–H groups in total. The van der Waals surface area contributed by atoms with Gasteiger partial charge in [-0.1, -0.05) is 50.6 Å². The van der Waals surface area contributed by atoms with Gasteiger partial charge < -0.3 is 4.74 Å². The molecule has 3 atom stereocenters. The largest absolute Gasteiger partial charge is 0.460 e. The minimum absolute atomic E-state index is 0.00721. The lowest BCUT2D eigenvalue weighted by molar-refractivity contribution is -0.142. The molecular formula is C19H26O2. The maximum absolute atomic E-state index is 11.7. The van der Waals surface area contributed by atoms with Gasteiger partial charge in [-0.05, 0) is 49.1 Å². The van der Waals surface area contributed by atoms with Crippen LogP contribution in [0.5, 0.6) is 0 Å². The zero-order valence-corrected chi connectivity index (χ0v) is 13.3. The van der Waals surface area contributed by atoms with Gasteiger partial charge in [-0.2, -0.15) is 0 Å². The number of carbonyl (C=O) groups is 1. The lowest BCUT2D eigenvalue weighted by Crippen LogP contribution is -2.14. The van der Waals surface area contributed by atoms with E-state index in [0.29, 0.717) is 11.8 Å². The first-order valence-electron chi connectivity index (χ1n) is 8.03. The van der Waals surface area contributed by atoms with Gasteiger partial charge in [0.2, 0.25) is 0 Å². The van der Waals surface area contributed by atoms with Gasteiger partial charge in [-0.25, -0.2) is 4.79 Å². The van der Waals surface area contributed by atoms with E-state index in [4.69, 9.17) is 4.74 Å². The number of fused-ring (bicyclic) bond motifs is 1. The first-order chi connectivity index (χ1) is 10.1. The number of allylic oxidation sites excluding steroid dienone is 1. The number of esters is 1. The van der Waals surface area contributed by atoms with E-state index in [9.17, 15) is 4.79 Å². The van der Waals surface area contributed by atoms with Crippen LogP contribution in [0.2, 0.25) is 0 Å². The van der Waals surface area contributed by atoms with E-state index in [1.54, 1.807) is 6.08 Å². The SMILES string of the molecule is CC1CCC[C@H](C)OC(=O)/C=C/Cc2ccccc2C1C. The van der Waals surface area contributed by atoms with Crippen molar-refractivity contribution in [3.8, 4) is 0 Å². The summed E-state index contributed by atoms with van der Waals surface area (Å²) in [6, 6.07) is 8.57. The smallest absolute Gasteiger partial charge is 0.330 e. The third-order valence-electron chi connectivity index (χ3n) is 4.58. The number of ether oxygens (including phenoxy) is 1. The molecular weight excluding hydrogens is 260 g/mol. The topological polar surface area (TPSA) is 26.3 Å². The number of rotatable bonds is 0. The van der Waals surface area contributed by atoms with E-state index in [0.717, 1.165) is 19.3 Å². The summed E-state index contributed by atoms with van der Waals surface area (Å²) in [6.45, 7) is 6.62. The third kappa shape index (κ3) is 4.45. The van der Waals surface area contributed by atoms with Crippen molar-refractivity contribution in [2.45, 2.75) is 58.5 Å².